The molecule has 0 aliphatic heterocycles. The molecule has 2 heteroatoms. The summed E-state index contributed by atoms with van der Waals surface area (Å²) in [5.74, 6) is 0. The van der Waals surface area contributed by atoms with Crippen LogP contribution >= 0.6 is 0 Å². The van der Waals surface area contributed by atoms with E-state index >= 15 is 0 Å². The van der Waals surface area contributed by atoms with E-state index in [2.05, 4.69) is 6.58 Å². The Kier molecular flexibility index (Phi) is 2.35. The van der Waals surface area contributed by atoms with Gasteiger partial charge in [0.25, 0.3) is 0 Å². The molecule has 1 aliphatic carbocycles. The number of rotatable bonds is 2. The van der Waals surface area contributed by atoms with E-state index in [-0.39, 0.29) is 18.1 Å². The maximum Gasteiger partial charge on any atom is 0.0785 e. The van der Waals surface area contributed by atoms with Gasteiger partial charge in [0.15, 0.2) is 0 Å². The van der Waals surface area contributed by atoms with Crippen LogP contribution in [0.3, 0.4) is 0 Å². The topological polar surface area (TPSA) is 29.5 Å². The Bertz CT molecular complexity index is 165. The number of hydrogen-bond acceptors (Lipinski definition) is 2. The Morgan fingerprint density at radius 1 is 1.82 bits per heavy atom. The summed E-state index contributed by atoms with van der Waals surface area (Å²) in [6.07, 6.45) is 2.14. The van der Waals surface area contributed by atoms with Crippen LogP contribution in [-0.2, 0) is 4.74 Å². The van der Waals surface area contributed by atoms with Crippen molar-refractivity contribution in [1.29, 1.82) is 0 Å². The number of aliphatic hydroxyl groups excluding tert-OH is 1. The van der Waals surface area contributed by atoms with Crippen molar-refractivity contribution in [3.63, 3.8) is 0 Å². The first-order chi connectivity index (χ1) is 5.14. The van der Waals surface area contributed by atoms with Crippen molar-refractivity contribution in [1.82, 2.24) is 0 Å². The average molecular weight is 156 g/mol. The molecule has 11 heavy (non-hydrogen) atoms. The van der Waals surface area contributed by atoms with Crippen LogP contribution in [0.1, 0.15) is 19.8 Å². The summed E-state index contributed by atoms with van der Waals surface area (Å²) in [7, 11) is 1.69. The molecule has 0 amide bonds. The monoisotopic (exact) mass is 156 g/mol. The minimum absolute atomic E-state index is 0.0966. The number of hydrogen-bond donors (Lipinski definition) is 1. The maximum absolute atomic E-state index is 9.09. The summed E-state index contributed by atoms with van der Waals surface area (Å²) in [5.41, 5.74) is 0.947. The highest BCUT2D eigenvalue weighted by atomic mass is 16.5. The number of ether oxygens (including phenoxy) is 1. The molecule has 64 valence electrons. The van der Waals surface area contributed by atoms with E-state index in [1.165, 1.54) is 0 Å². The lowest BCUT2D eigenvalue weighted by Gasteiger charge is -2.23. The molecule has 1 fully saturated rings. The molecular formula is C9H16O2. The Labute approximate surface area is 67.9 Å². The first-order valence-corrected chi connectivity index (χ1v) is 3.97. The molecule has 1 rings (SSSR count). The van der Waals surface area contributed by atoms with Gasteiger partial charge in [-0.3, -0.25) is 0 Å². The van der Waals surface area contributed by atoms with Crippen molar-refractivity contribution in [3.8, 4) is 0 Å². The van der Waals surface area contributed by atoms with E-state index in [0.29, 0.717) is 0 Å². The minimum atomic E-state index is -0.0966. The lowest BCUT2D eigenvalue weighted by molar-refractivity contribution is 0.130. The van der Waals surface area contributed by atoms with Gasteiger partial charge in [0.1, 0.15) is 0 Å². The molecular weight excluding hydrogens is 140 g/mol. The van der Waals surface area contributed by atoms with Gasteiger partial charge in [-0.2, -0.15) is 0 Å². The molecule has 0 saturated heterocycles. The molecule has 0 heterocycles. The molecule has 0 aromatic heterocycles. The van der Waals surface area contributed by atoms with Crippen molar-refractivity contribution in [2.45, 2.75) is 25.9 Å². The van der Waals surface area contributed by atoms with Crippen LogP contribution in [0.15, 0.2) is 12.2 Å². The van der Waals surface area contributed by atoms with Crippen LogP contribution in [0.2, 0.25) is 0 Å². The predicted molar refractivity (Wildman–Crippen MR) is 44.4 cm³/mol. The van der Waals surface area contributed by atoms with Gasteiger partial charge in [0.05, 0.1) is 12.7 Å². The van der Waals surface area contributed by atoms with E-state index in [1.807, 2.05) is 6.92 Å². The molecule has 1 aliphatic rings. The second kappa shape index (κ2) is 2.95. The second-order valence-corrected chi connectivity index (χ2v) is 3.51. The summed E-state index contributed by atoms with van der Waals surface area (Å²) in [6, 6.07) is 0. The second-order valence-electron chi connectivity index (χ2n) is 3.51. The third-order valence-corrected chi connectivity index (χ3v) is 2.76. The zero-order chi connectivity index (χ0) is 8.48. The minimum Gasteiger partial charge on any atom is -0.395 e. The van der Waals surface area contributed by atoms with Gasteiger partial charge >= 0.3 is 0 Å². The molecule has 2 nitrogen and oxygen atoms in total. The molecule has 2 unspecified atom stereocenters. The first-order valence-electron chi connectivity index (χ1n) is 3.97. The fourth-order valence-corrected chi connectivity index (χ4v) is 1.61. The normalized spacial score (nSPS) is 38.1. The summed E-state index contributed by atoms with van der Waals surface area (Å²) in [4.78, 5) is 0. The largest absolute Gasteiger partial charge is 0.395 e. The van der Waals surface area contributed by atoms with E-state index in [0.717, 1.165) is 18.4 Å². The summed E-state index contributed by atoms with van der Waals surface area (Å²) in [6.45, 7) is 6.17. The molecule has 0 spiro atoms. The molecule has 1 N–H and O–H groups in total. The van der Waals surface area contributed by atoms with Gasteiger partial charge < -0.3 is 9.84 Å². The van der Waals surface area contributed by atoms with Crippen LogP contribution in [0, 0.1) is 5.41 Å². The van der Waals surface area contributed by atoms with Crippen LogP contribution in [0.4, 0.5) is 0 Å². The molecule has 0 bridgehead atoms. The van der Waals surface area contributed by atoms with Crippen LogP contribution in [0.25, 0.3) is 0 Å². The molecule has 0 aromatic rings. The standard InChI is InChI=1S/C9H16O2/c1-7-8(11-3)4-5-9(7,2)6-10/h8,10H,1,4-6H2,2-3H3. The van der Waals surface area contributed by atoms with E-state index in [1.54, 1.807) is 7.11 Å². The van der Waals surface area contributed by atoms with E-state index in [4.69, 9.17) is 9.84 Å². The van der Waals surface area contributed by atoms with Crippen molar-refractivity contribution >= 4 is 0 Å². The molecule has 1 saturated carbocycles. The smallest absolute Gasteiger partial charge is 0.0785 e. The number of aliphatic hydroxyl groups is 1. The lowest BCUT2D eigenvalue weighted by Crippen LogP contribution is -2.21. The van der Waals surface area contributed by atoms with Gasteiger partial charge in [-0.15, -0.1) is 0 Å². The van der Waals surface area contributed by atoms with Gasteiger partial charge in [-0.1, -0.05) is 13.5 Å². The van der Waals surface area contributed by atoms with E-state index in [9.17, 15) is 0 Å². The Morgan fingerprint density at radius 3 is 2.73 bits per heavy atom. The molecule has 0 radical (unpaired) electrons. The fourth-order valence-electron chi connectivity index (χ4n) is 1.61. The van der Waals surface area contributed by atoms with Gasteiger partial charge in [-0.05, 0) is 18.4 Å². The van der Waals surface area contributed by atoms with Crippen LogP contribution < -0.4 is 0 Å². The van der Waals surface area contributed by atoms with Crippen molar-refractivity contribution < 1.29 is 9.84 Å². The van der Waals surface area contributed by atoms with Crippen molar-refractivity contribution in [2.75, 3.05) is 13.7 Å². The third-order valence-electron chi connectivity index (χ3n) is 2.76. The average Bonchev–Trinajstić information content (AvgIpc) is 2.31. The Balaban J connectivity index is 2.69. The highest BCUT2D eigenvalue weighted by molar-refractivity contribution is 5.19. The summed E-state index contributed by atoms with van der Waals surface area (Å²) < 4.78 is 5.21. The SMILES string of the molecule is C=C1C(OC)CCC1(C)CO. The van der Waals surface area contributed by atoms with Gasteiger partial charge in [0, 0.05) is 12.5 Å². The third kappa shape index (κ3) is 1.33. The van der Waals surface area contributed by atoms with Crippen LogP contribution in [-0.4, -0.2) is 24.9 Å². The predicted octanol–water partition coefficient (Wildman–Crippen LogP) is 1.35. The Hall–Kier alpha value is -0.340. The molecule has 2 atom stereocenters. The maximum atomic E-state index is 9.09. The quantitative estimate of drug-likeness (QED) is 0.611. The zero-order valence-electron chi connectivity index (χ0n) is 7.26. The van der Waals surface area contributed by atoms with Gasteiger partial charge in [-0.25, -0.2) is 0 Å². The van der Waals surface area contributed by atoms with Crippen LogP contribution in [0.5, 0.6) is 0 Å². The highest BCUT2D eigenvalue weighted by Crippen LogP contribution is 2.42. The van der Waals surface area contributed by atoms with Crippen molar-refractivity contribution in [3.05, 3.63) is 12.2 Å². The summed E-state index contributed by atoms with van der Waals surface area (Å²) in [5, 5.41) is 9.09. The fraction of sp³-hybridized carbons (Fsp3) is 0.778. The zero-order valence-corrected chi connectivity index (χ0v) is 7.26. The van der Waals surface area contributed by atoms with Gasteiger partial charge in [0.2, 0.25) is 0 Å². The van der Waals surface area contributed by atoms with Crippen molar-refractivity contribution in [2.24, 2.45) is 5.41 Å². The lowest BCUT2D eigenvalue weighted by atomic mass is 9.86. The number of methoxy groups -OCH3 is 1. The Morgan fingerprint density at radius 2 is 2.45 bits per heavy atom. The molecule has 0 aromatic carbocycles. The first kappa shape index (κ1) is 8.75. The highest BCUT2D eigenvalue weighted by Gasteiger charge is 2.38. The van der Waals surface area contributed by atoms with E-state index < -0.39 is 0 Å². The summed E-state index contributed by atoms with van der Waals surface area (Å²) >= 11 is 0.